The summed E-state index contributed by atoms with van der Waals surface area (Å²) in [5.74, 6) is 0. The fraction of sp³-hybridized carbons (Fsp3) is 0.185. The molecule has 0 saturated carbocycles. The zero-order chi connectivity index (χ0) is 20.2. The van der Waals surface area contributed by atoms with Gasteiger partial charge in [0.25, 0.3) is 0 Å². The molecule has 0 nitrogen and oxygen atoms in total. The fourth-order valence-corrected chi connectivity index (χ4v) is 3.23. The molecule has 0 unspecified atom stereocenters. The Hall–Kier alpha value is -1.18. The van der Waals surface area contributed by atoms with E-state index in [-0.39, 0.29) is 51.0 Å². The van der Waals surface area contributed by atoms with E-state index in [0.717, 1.165) is 12.8 Å². The van der Waals surface area contributed by atoms with Gasteiger partial charge in [0, 0.05) is 10.2 Å². The summed E-state index contributed by atoms with van der Waals surface area (Å²) in [5, 5.41) is 0. The van der Waals surface area contributed by atoms with Crippen LogP contribution in [0.1, 0.15) is 37.0 Å². The van der Waals surface area contributed by atoms with Crippen LogP contribution in [0, 0.1) is 12.1 Å². The van der Waals surface area contributed by atoms with Gasteiger partial charge < -0.3 is 24.8 Å². The number of halogens is 2. The Kier molecular flexibility index (Phi) is 19.0. The predicted molar refractivity (Wildman–Crippen MR) is 126 cm³/mol. The molecule has 0 aliphatic heterocycles. The normalized spacial score (nSPS) is 10.9. The van der Waals surface area contributed by atoms with E-state index in [0.29, 0.717) is 0 Å². The van der Waals surface area contributed by atoms with Gasteiger partial charge in [0.1, 0.15) is 0 Å². The Morgan fingerprint density at radius 1 is 0.774 bits per heavy atom. The van der Waals surface area contributed by atoms with Crippen LogP contribution in [-0.4, -0.2) is 10.2 Å². The van der Waals surface area contributed by atoms with E-state index >= 15 is 0 Å². The third-order valence-electron chi connectivity index (χ3n) is 4.42. The minimum absolute atomic E-state index is 0. The molecule has 2 aliphatic rings. The van der Waals surface area contributed by atoms with Crippen LogP contribution in [0.3, 0.4) is 0 Å². The molecule has 0 saturated heterocycles. The Balaban J connectivity index is 0. The molecule has 0 spiro atoms. The molecule has 3 aromatic rings. The van der Waals surface area contributed by atoms with Crippen molar-refractivity contribution in [2.24, 2.45) is 0 Å². The number of hydrogen-bond donors (Lipinski definition) is 0. The summed E-state index contributed by atoms with van der Waals surface area (Å²) in [5.41, 5.74) is 8.10. The fourth-order valence-electron chi connectivity index (χ4n) is 3.23. The van der Waals surface area contributed by atoms with Gasteiger partial charge in [-0.2, -0.15) is 41.5 Å². The first-order valence-electron chi connectivity index (χ1n) is 10.0. The van der Waals surface area contributed by atoms with E-state index in [1.807, 2.05) is 42.8 Å². The number of allylic oxidation sites excluding steroid dienone is 4. The van der Waals surface area contributed by atoms with Gasteiger partial charge >= 0.3 is 26.2 Å². The van der Waals surface area contributed by atoms with Gasteiger partial charge in [-0.25, -0.2) is 6.08 Å². The van der Waals surface area contributed by atoms with Crippen molar-refractivity contribution < 1.29 is 51.0 Å². The topological polar surface area (TPSA) is 0 Å². The van der Waals surface area contributed by atoms with Crippen LogP contribution in [0.2, 0.25) is 6.55 Å². The van der Waals surface area contributed by atoms with E-state index in [1.54, 1.807) is 0 Å². The molecule has 0 atom stereocenters. The SMILES string of the molecule is CC.C[SiH2].[C-]1=CC(c2ccccc2)=CC1.[Cl-].[Cl-].[Zr+4].[c-]1cccc2c1Cc1ccccc1-2. The molecule has 1 radical (unpaired) electrons. The summed E-state index contributed by atoms with van der Waals surface area (Å²) in [6.45, 7) is 6.03. The van der Waals surface area contributed by atoms with Crippen LogP contribution in [0.15, 0.2) is 84.9 Å². The smallest absolute Gasteiger partial charge is 1.00 e. The van der Waals surface area contributed by atoms with Gasteiger partial charge in [0.2, 0.25) is 0 Å². The second-order valence-corrected chi connectivity index (χ2v) is 5.97. The first-order chi connectivity index (χ1) is 13.9. The van der Waals surface area contributed by atoms with Crippen LogP contribution in [0.4, 0.5) is 0 Å². The average Bonchev–Trinajstić information content (AvgIpc) is 3.46. The average molecular weight is 544 g/mol. The van der Waals surface area contributed by atoms with E-state index in [2.05, 4.69) is 85.0 Å². The molecular weight excluding hydrogens is 515 g/mol. The Morgan fingerprint density at radius 2 is 1.39 bits per heavy atom. The maximum absolute atomic E-state index is 3.30. The van der Waals surface area contributed by atoms with Crippen LogP contribution >= 0.6 is 0 Å². The number of fused-ring (bicyclic) bond motifs is 3. The van der Waals surface area contributed by atoms with Crippen molar-refractivity contribution in [1.29, 1.82) is 0 Å². The molecule has 0 heterocycles. The largest absolute Gasteiger partial charge is 4.00 e. The summed E-state index contributed by atoms with van der Waals surface area (Å²) < 4.78 is 0. The monoisotopic (exact) mass is 541 g/mol. The van der Waals surface area contributed by atoms with Crippen molar-refractivity contribution >= 4 is 15.8 Å². The zero-order valence-corrected chi connectivity index (χ0v) is 23.8. The molecule has 0 N–H and O–H groups in total. The third-order valence-corrected chi connectivity index (χ3v) is 4.42. The Labute approximate surface area is 223 Å². The van der Waals surface area contributed by atoms with Gasteiger partial charge in [-0.15, -0.1) is 17.5 Å². The molecule has 0 aromatic heterocycles. The second kappa shape index (κ2) is 18.4. The van der Waals surface area contributed by atoms with E-state index < -0.39 is 0 Å². The first-order valence-corrected chi connectivity index (χ1v) is 11.4. The maximum atomic E-state index is 3.30. The van der Waals surface area contributed by atoms with Crippen molar-refractivity contribution in [3.8, 4) is 11.1 Å². The Bertz CT molecular complexity index is 878. The minimum Gasteiger partial charge on any atom is -1.00 e. The number of hydrogen-bond acceptors (Lipinski definition) is 0. The Morgan fingerprint density at radius 3 is 2.03 bits per heavy atom. The van der Waals surface area contributed by atoms with Crippen LogP contribution < -0.4 is 24.8 Å². The molecule has 0 fully saturated rings. The zero-order valence-electron chi connectivity index (χ0n) is 18.5. The van der Waals surface area contributed by atoms with Crippen molar-refractivity contribution in [1.82, 2.24) is 0 Å². The standard InChI is InChI=1S/C13H9.C11H9.C2H6.CH5Si.2ClH.Zr/c1-3-7-12-10(5-1)9-11-6-2-4-8-13(11)12;1-2-6-10(7-3-1)11-8-4-5-9-11;2*1-2;;;/h1-5,7-8H,9H2;1-3,6-9H,4H2;1-2H3;2H2,1H3;2*1H;/q2*-1;;;;;+4/p-2. The third kappa shape index (κ3) is 9.07. The molecule has 2 aliphatic carbocycles. The van der Waals surface area contributed by atoms with E-state index in [9.17, 15) is 0 Å². The van der Waals surface area contributed by atoms with Crippen molar-refractivity contribution in [2.75, 3.05) is 0 Å². The van der Waals surface area contributed by atoms with Crippen LogP contribution in [0.25, 0.3) is 16.7 Å². The van der Waals surface area contributed by atoms with Gasteiger partial charge in [0.05, 0.1) is 0 Å². The summed E-state index contributed by atoms with van der Waals surface area (Å²) in [7, 11) is 1.86. The van der Waals surface area contributed by atoms with E-state index in [4.69, 9.17) is 0 Å². The van der Waals surface area contributed by atoms with Crippen LogP contribution in [0.5, 0.6) is 0 Å². The summed E-state index contributed by atoms with van der Waals surface area (Å²) in [4.78, 5) is 0. The summed E-state index contributed by atoms with van der Waals surface area (Å²) in [6, 6.07) is 28.5. The van der Waals surface area contributed by atoms with Gasteiger partial charge in [0.15, 0.2) is 0 Å². The molecule has 31 heavy (non-hydrogen) atoms. The minimum atomic E-state index is 0. The molecular formula is C27H29Cl2SiZr. The number of benzene rings is 3. The van der Waals surface area contributed by atoms with Crippen molar-refractivity contribution in [3.63, 3.8) is 0 Å². The summed E-state index contributed by atoms with van der Waals surface area (Å²) >= 11 is 0. The van der Waals surface area contributed by atoms with Gasteiger partial charge in [-0.05, 0) is 6.42 Å². The van der Waals surface area contributed by atoms with Crippen LogP contribution in [-0.2, 0) is 32.6 Å². The molecule has 4 heteroatoms. The van der Waals surface area contributed by atoms with Gasteiger partial charge in [-0.1, -0.05) is 86.1 Å². The van der Waals surface area contributed by atoms with Crippen molar-refractivity contribution in [2.45, 2.75) is 33.2 Å². The maximum Gasteiger partial charge on any atom is 4.00 e. The van der Waals surface area contributed by atoms with Gasteiger partial charge in [-0.3, -0.25) is 6.08 Å². The quantitative estimate of drug-likeness (QED) is 0.244. The second-order valence-electron chi connectivity index (χ2n) is 5.97. The summed E-state index contributed by atoms with van der Waals surface area (Å²) in [6.07, 6.45) is 9.40. The molecule has 3 aromatic carbocycles. The molecule has 0 bridgehead atoms. The molecule has 159 valence electrons. The first kappa shape index (κ1) is 32.0. The van der Waals surface area contributed by atoms with Crippen molar-refractivity contribution in [3.05, 3.63) is 114 Å². The predicted octanol–water partition coefficient (Wildman–Crippen LogP) is 0.590. The molecule has 5 rings (SSSR count). The number of rotatable bonds is 1. The molecule has 0 amide bonds. The van der Waals surface area contributed by atoms with E-state index in [1.165, 1.54) is 33.4 Å².